The monoisotopic (exact) mass is 373 g/mol. The number of hydrogen-bond acceptors (Lipinski definition) is 4. The third kappa shape index (κ3) is 3.63. The van der Waals surface area contributed by atoms with E-state index in [0.717, 1.165) is 24.3 Å². The van der Waals surface area contributed by atoms with Crippen LogP contribution in [0.5, 0.6) is 0 Å². The molecule has 3 aromatic rings. The number of anilines is 1. The van der Waals surface area contributed by atoms with Crippen LogP contribution in [0.15, 0.2) is 40.9 Å². The zero-order chi connectivity index (χ0) is 18.9. The Balaban J connectivity index is 1.76. The number of nitrogens with one attached hydrogen (secondary N) is 1. The molecule has 2 aromatic carbocycles. The highest BCUT2D eigenvalue weighted by molar-refractivity contribution is 5.56. The van der Waals surface area contributed by atoms with Crippen LogP contribution in [0, 0.1) is 17.5 Å². The van der Waals surface area contributed by atoms with Crippen LogP contribution in [0.25, 0.3) is 11.4 Å². The van der Waals surface area contributed by atoms with E-state index in [2.05, 4.69) is 15.5 Å². The van der Waals surface area contributed by atoms with E-state index >= 15 is 0 Å². The van der Waals surface area contributed by atoms with E-state index in [-0.39, 0.29) is 29.5 Å². The van der Waals surface area contributed by atoms with Crippen molar-refractivity contribution in [1.82, 2.24) is 10.1 Å². The molecule has 4 nitrogen and oxygen atoms in total. The molecule has 3 rings (SSSR count). The lowest BCUT2D eigenvalue weighted by Crippen LogP contribution is -2.05. The van der Waals surface area contributed by atoms with Gasteiger partial charge in [-0.2, -0.15) is 18.2 Å². The minimum atomic E-state index is -4.52. The van der Waals surface area contributed by atoms with Gasteiger partial charge in [-0.15, -0.1) is 0 Å². The van der Waals surface area contributed by atoms with Gasteiger partial charge >= 0.3 is 6.18 Å². The molecule has 10 heteroatoms. The summed E-state index contributed by atoms with van der Waals surface area (Å²) in [4.78, 5) is 3.89. The summed E-state index contributed by atoms with van der Waals surface area (Å²) in [7, 11) is 0. The van der Waals surface area contributed by atoms with E-state index in [1.54, 1.807) is 0 Å². The largest absolute Gasteiger partial charge is 0.416 e. The van der Waals surface area contributed by atoms with Crippen LogP contribution in [-0.2, 0) is 12.7 Å². The quantitative estimate of drug-likeness (QED) is 0.528. The molecule has 0 aliphatic rings. The SMILES string of the molecule is Fc1ccc(NCc2nc(-c3cccc(C(F)(F)F)c3)no2)c(F)c1F. The molecule has 0 saturated heterocycles. The Morgan fingerprint density at radius 2 is 1.77 bits per heavy atom. The molecule has 0 fully saturated rings. The van der Waals surface area contributed by atoms with E-state index in [9.17, 15) is 26.3 Å². The lowest BCUT2D eigenvalue weighted by molar-refractivity contribution is -0.137. The Labute approximate surface area is 142 Å². The van der Waals surface area contributed by atoms with Gasteiger partial charge in [-0.1, -0.05) is 17.3 Å². The number of nitrogens with zero attached hydrogens (tertiary/aromatic N) is 2. The molecule has 1 aromatic heterocycles. The summed E-state index contributed by atoms with van der Waals surface area (Å²) in [6.07, 6.45) is -4.52. The first-order valence-electron chi connectivity index (χ1n) is 7.13. The van der Waals surface area contributed by atoms with Crippen molar-refractivity contribution in [2.75, 3.05) is 5.32 Å². The standard InChI is InChI=1S/C16H9F6N3O/c17-10-4-5-11(14(19)13(10)18)23-7-12-24-15(25-26-12)8-2-1-3-9(6-8)16(20,21)22/h1-6,23H,7H2. The molecule has 0 radical (unpaired) electrons. The summed E-state index contributed by atoms with van der Waals surface area (Å²) in [5, 5.41) is 5.99. The molecule has 0 atom stereocenters. The fourth-order valence-electron chi connectivity index (χ4n) is 2.11. The summed E-state index contributed by atoms with van der Waals surface area (Å²) < 4.78 is 82.6. The molecule has 0 spiro atoms. The molecule has 26 heavy (non-hydrogen) atoms. The Bertz CT molecular complexity index is 938. The van der Waals surface area contributed by atoms with Gasteiger partial charge in [-0.25, -0.2) is 13.2 Å². The summed E-state index contributed by atoms with van der Waals surface area (Å²) in [5.74, 6) is -4.56. The number of benzene rings is 2. The topological polar surface area (TPSA) is 51.0 Å². The lowest BCUT2D eigenvalue weighted by atomic mass is 10.1. The minimum absolute atomic E-state index is 0.0776. The van der Waals surface area contributed by atoms with Crippen LogP contribution in [-0.4, -0.2) is 10.1 Å². The predicted octanol–water partition coefficient (Wildman–Crippen LogP) is 4.78. The Kier molecular flexibility index (Phi) is 4.58. The van der Waals surface area contributed by atoms with Crippen LogP contribution >= 0.6 is 0 Å². The second-order valence-corrected chi connectivity index (χ2v) is 5.17. The van der Waals surface area contributed by atoms with Crippen molar-refractivity contribution in [2.24, 2.45) is 0 Å². The highest BCUT2D eigenvalue weighted by Gasteiger charge is 2.30. The Morgan fingerprint density at radius 3 is 2.50 bits per heavy atom. The summed E-state index contributed by atoms with van der Waals surface area (Å²) in [6, 6.07) is 6.05. The van der Waals surface area contributed by atoms with E-state index in [4.69, 9.17) is 4.52 Å². The predicted molar refractivity (Wildman–Crippen MR) is 78.4 cm³/mol. The molecular formula is C16H9F6N3O. The first-order chi connectivity index (χ1) is 12.3. The fraction of sp³-hybridized carbons (Fsp3) is 0.125. The normalized spacial score (nSPS) is 11.6. The van der Waals surface area contributed by atoms with Crippen molar-refractivity contribution in [3.05, 3.63) is 65.3 Å². The van der Waals surface area contributed by atoms with Crippen molar-refractivity contribution in [3.63, 3.8) is 0 Å². The average molecular weight is 373 g/mol. The summed E-state index contributed by atoms with van der Waals surface area (Å²) in [6.45, 7) is -0.242. The third-order valence-corrected chi connectivity index (χ3v) is 3.38. The molecule has 0 saturated carbocycles. The van der Waals surface area contributed by atoms with Gasteiger partial charge in [0.25, 0.3) is 0 Å². The van der Waals surface area contributed by atoms with E-state index in [1.165, 1.54) is 12.1 Å². The van der Waals surface area contributed by atoms with Gasteiger partial charge in [0.2, 0.25) is 11.7 Å². The number of halogens is 6. The Hall–Kier alpha value is -3.04. The molecule has 0 bridgehead atoms. The van der Waals surface area contributed by atoms with Crippen LogP contribution in [0.3, 0.4) is 0 Å². The van der Waals surface area contributed by atoms with Gasteiger partial charge in [0, 0.05) is 5.56 Å². The van der Waals surface area contributed by atoms with Gasteiger partial charge < -0.3 is 9.84 Å². The van der Waals surface area contributed by atoms with Crippen molar-refractivity contribution >= 4 is 5.69 Å². The summed E-state index contributed by atoms with van der Waals surface area (Å²) >= 11 is 0. The van der Waals surface area contributed by atoms with Gasteiger partial charge in [-0.05, 0) is 24.3 Å². The Morgan fingerprint density at radius 1 is 1.00 bits per heavy atom. The van der Waals surface area contributed by atoms with Gasteiger partial charge in [0.05, 0.1) is 17.8 Å². The van der Waals surface area contributed by atoms with Crippen molar-refractivity contribution in [3.8, 4) is 11.4 Å². The van der Waals surface area contributed by atoms with Gasteiger partial charge in [0.15, 0.2) is 17.5 Å². The fourth-order valence-corrected chi connectivity index (χ4v) is 2.11. The molecule has 136 valence electrons. The lowest BCUT2D eigenvalue weighted by Gasteiger charge is -2.06. The van der Waals surface area contributed by atoms with Crippen LogP contribution < -0.4 is 5.32 Å². The molecule has 0 aliphatic carbocycles. The van der Waals surface area contributed by atoms with E-state index < -0.39 is 29.2 Å². The highest BCUT2D eigenvalue weighted by Crippen LogP contribution is 2.31. The van der Waals surface area contributed by atoms with Crippen LogP contribution in [0.4, 0.5) is 32.0 Å². The van der Waals surface area contributed by atoms with Crippen molar-refractivity contribution in [2.45, 2.75) is 12.7 Å². The second kappa shape index (κ2) is 6.70. The minimum Gasteiger partial charge on any atom is -0.374 e. The summed E-state index contributed by atoms with van der Waals surface area (Å²) in [5.41, 5.74) is -1.13. The molecule has 0 amide bonds. The molecule has 1 heterocycles. The smallest absolute Gasteiger partial charge is 0.374 e. The maximum absolute atomic E-state index is 13.5. The second-order valence-electron chi connectivity index (χ2n) is 5.17. The first-order valence-corrected chi connectivity index (χ1v) is 7.13. The van der Waals surface area contributed by atoms with Gasteiger partial charge in [-0.3, -0.25) is 0 Å². The van der Waals surface area contributed by atoms with E-state index in [1.807, 2.05) is 0 Å². The van der Waals surface area contributed by atoms with Gasteiger partial charge in [0.1, 0.15) is 0 Å². The number of alkyl halides is 3. The van der Waals surface area contributed by atoms with Crippen LogP contribution in [0.2, 0.25) is 0 Å². The molecule has 1 N–H and O–H groups in total. The number of hydrogen-bond donors (Lipinski definition) is 1. The van der Waals surface area contributed by atoms with Crippen LogP contribution in [0.1, 0.15) is 11.5 Å². The maximum Gasteiger partial charge on any atom is 0.416 e. The third-order valence-electron chi connectivity index (χ3n) is 3.38. The van der Waals surface area contributed by atoms with Crippen molar-refractivity contribution in [1.29, 1.82) is 0 Å². The number of aromatic nitrogens is 2. The molecule has 0 aliphatic heterocycles. The first kappa shape index (κ1) is 17.8. The molecular weight excluding hydrogens is 364 g/mol. The van der Waals surface area contributed by atoms with E-state index in [0.29, 0.717) is 0 Å². The van der Waals surface area contributed by atoms with Crippen molar-refractivity contribution < 1.29 is 30.9 Å². The average Bonchev–Trinajstić information content (AvgIpc) is 3.07. The zero-order valence-electron chi connectivity index (χ0n) is 12.7. The zero-order valence-corrected chi connectivity index (χ0v) is 12.7. The maximum atomic E-state index is 13.5. The number of rotatable bonds is 4. The highest BCUT2D eigenvalue weighted by atomic mass is 19.4. The molecule has 0 unspecified atom stereocenters.